The van der Waals surface area contributed by atoms with Crippen LogP contribution in [0, 0.1) is 0 Å². The molecule has 0 bridgehead atoms. The number of hydrogen-bond acceptors (Lipinski definition) is 5. The molecule has 0 aromatic heterocycles. The average molecular weight is 267 g/mol. The molecular formula is C13H17NO5. The molecule has 104 valence electrons. The number of carbonyl (C=O) groups excluding carboxylic acids is 1. The molecule has 1 aromatic rings. The van der Waals surface area contributed by atoms with E-state index in [1.807, 2.05) is 0 Å². The number of amides is 1. The zero-order chi connectivity index (χ0) is 13.5. The van der Waals surface area contributed by atoms with Crippen LogP contribution in [-0.4, -0.2) is 39.4 Å². The molecule has 1 heterocycles. The number of carbonyl (C=O) groups is 1. The third kappa shape index (κ3) is 3.84. The van der Waals surface area contributed by atoms with Gasteiger partial charge in [0.05, 0.1) is 26.4 Å². The SMILES string of the molecule is COCCONC(=O)c1ccc2c(c1)OCCCO2. The molecular weight excluding hydrogens is 250 g/mol. The maximum atomic E-state index is 11.8. The molecule has 0 atom stereocenters. The van der Waals surface area contributed by atoms with Gasteiger partial charge in [0.15, 0.2) is 11.5 Å². The van der Waals surface area contributed by atoms with Crippen LogP contribution in [0.1, 0.15) is 16.8 Å². The van der Waals surface area contributed by atoms with E-state index >= 15 is 0 Å². The van der Waals surface area contributed by atoms with Gasteiger partial charge in [-0.1, -0.05) is 0 Å². The van der Waals surface area contributed by atoms with Crippen LogP contribution in [-0.2, 0) is 9.57 Å². The molecule has 1 aliphatic heterocycles. The van der Waals surface area contributed by atoms with Crippen LogP contribution in [0.5, 0.6) is 11.5 Å². The number of rotatable bonds is 5. The fourth-order valence-corrected chi connectivity index (χ4v) is 1.61. The molecule has 0 saturated carbocycles. The van der Waals surface area contributed by atoms with Crippen LogP contribution in [0.25, 0.3) is 0 Å². The molecule has 0 radical (unpaired) electrons. The molecule has 2 rings (SSSR count). The van der Waals surface area contributed by atoms with E-state index in [0.29, 0.717) is 43.5 Å². The summed E-state index contributed by atoms with van der Waals surface area (Å²) in [5, 5.41) is 0. The second-order valence-electron chi connectivity index (χ2n) is 3.98. The Bertz CT molecular complexity index is 435. The molecule has 6 heteroatoms. The second-order valence-corrected chi connectivity index (χ2v) is 3.98. The van der Waals surface area contributed by atoms with Gasteiger partial charge in [-0.05, 0) is 18.2 Å². The number of nitrogens with one attached hydrogen (secondary N) is 1. The van der Waals surface area contributed by atoms with Crippen LogP contribution in [0.2, 0.25) is 0 Å². The number of ether oxygens (including phenoxy) is 3. The predicted molar refractivity (Wildman–Crippen MR) is 67.3 cm³/mol. The highest BCUT2D eigenvalue weighted by Gasteiger charge is 2.14. The molecule has 0 saturated heterocycles. The van der Waals surface area contributed by atoms with Gasteiger partial charge in [0, 0.05) is 19.1 Å². The maximum absolute atomic E-state index is 11.8. The van der Waals surface area contributed by atoms with E-state index in [2.05, 4.69) is 5.48 Å². The van der Waals surface area contributed by atoms with Crippen LogP contribution >= 0.6 is 0 Å². The van der Waals surface area contributed by atoms with Gasteiger partial charge in [-0.3, -0.25) is 9.63 Å². The first kappa shape index (κ1) is 13.6. The van der Waals surface area contributed by atoms with Crippen molar-refractivity contribution in [3.8, 4) is 11.5 Å². The Morgan fingerprint density at radius 1 is 1.26 bits per heavy atom. The lowest BCUT2D eigenvalue weighted by Crippen LogP contribution is -2.25. The summed E-state index contributed by atoms with van der Waals surface area (Å²) in [5.74, 6) is 0.920. The average Bonchev–Trinajstić information content (AvgIpc) is 2.67. The number of hydroxylamine groups is 1. The summed E-state index contributed by atoms with van der Waals surface area (Å²) >= 11 is 0. The number of benzene rings is 1. The molecule has 0 aliphatic carbocycles. The standard InChI is InChI=1S/C13H17NO5/c1-16-7-8-19-14-13(15)10-3-4-11-12(9-10)18-6-2-5-17-11/h3-4,9H,2,5-8H2,1H3,(H,14,15). The summed E-state index contributed by atoms with van der Waals surface area (Å²) in [6.07, 6.45) is 0.830. The summed E-state index contributed by atoms with van der Waals surface area (Å²) in [6.45, 7) is 1.93. The van der Waals surface area contributed by atoms with E-state index in [1.165, 1.54) is 0 Å². The highest BCUT2D eigenvalue weighted by Crippen LogP contribution is 2.30. The number of methoxy groups -OCH3 is 1. The molecule has 0 fully saturated rings. The Kier molecular flexibility index (Phi) is 5.00. The van der Waals surface area contributed by atoms with Gasteiger partial charge in [-0.2, -0.15) is 0 Å². The third-order valence-corrected chi connectivity index (χ3v) is 2.56. The molecule has 1 N–H and O–H groups in total. The van der Waals surface area contributed by atoms with Crippen LogP contribution in [0.15, 0.2) is 18.2 Å². The highest BCUT2D eigenvalue weighted by molar-refractivity contribution is 5.94. The highest BCUT2D eigenvalue weighted by atomic mass is 16.7. The summed E-state index contributed by atoms with van der Waals surface area (Å²) < 4.78 is 15.8. The Hall–Kier alpha value is -1.79. The minimum atomic E-state index is -0.327. The monoisotopic (exact) mass is 267 g/mol. The minimum Gasteiger partial charge on any atom is -0.490 e. The molecule has 19 heavy (non-hydrogen) atoms. The summed E-state index contributed by atoms with van der Waals surface area (Å²) in [5.41, 5.74) is 2.80. The first-order chi connectivity index (χ1) is 9.31. The van der Waals surface area contributed by atoms with Gasteiger partial charge in [-0.25, -0.2) is 5.48 Å². The van der Waals surface area contributed by atoms with Gasteiger partial charge >= 0.3 is 0 Å². The zero-order valence-corrected chi connectivity index (χ0v) is 10.8. The molecule has 1 amide bonds. The molecule has 6 nitrogen and oxygen atoms in total. The van der Waals surface area contributed by atoms with E-state index in [-0.39, 0.29) is 5.91 Å². The van der Waals surface area contributed by atoms with E-state index in [4.69, 9.17) is 19.0 Å². The summed E-state index contributed by atoms with van der Waals surface area (Å²) in [7, 11) is 1.56. The first-order valence-electron chi connectivity index (χ1n) is 6.12. The maximum Gasteiger partial charge on any atom is 0.274 e. The Morgan fingerprint density at radius 2 is 2.05 bits per heavy atom. The van der Waals surface area contributed by atoms with E-state index in [1.54, 1.807) is 25.3 Å². The normalized spacial score (nSPS) is 13.7. The van der Waals surface area contributed by atoms with Crippen molar-refractivity contribution in [2.24, 2.45) is 0 Å². The molecule has 1 aromatic carbocycles. The third-order valence-electron chi connectivity index (χ3n) is 2.56. The van der Waals surface area contributed by atoms with Crippen molar-refractivity contribution in [1.29, 1.82) is 0 Å². The molecule has 1 aliphatic rings. The van der Waals surface area contributed by atoms with Crippen molar-refractivity contribution in [1.82, 2.24) is 5.48 Å². The van der Waals surface area contributed by atoms with E-state index in [9.17, 15) is 4.79 Å². The largest absolute Gasteiger partial charge is 0.490 e. The van der Waals surface area contributed by atoms with Crippen molar-refractivity contribution in [3.63, 3.8) is 0 Å². The fraction of sp³-hybridized carbons (Fsp3) is 0.462. The van der Waals surface area contributed by atoms with Gasteiger partial charge in [0.2, 0.25) is 0 Å². The smallest absolute Gasteiger partial charge is 0.274 e. The van der Waals surface area contributed by atoms with E-state index < -0.39 is 0 Å². The Labute approximate surface area is 111 Å². The Balaban J connectivity index is 1.96. The van der Waals surface area contributed by atoms with Crippen molar-refractivity contribution < 1.29 is 23.8 Å². The van der Waals surface area contributed by atoms with Gasteiger partial charge in [0.25, 0.3) is 5.91 Å². The van der Waals surface area contributed by atoms with Crippen LogP contribution < -0.4 is 15.0 Å². The topological polar surface area (TPSA) is 66.0 Å². The lowest BCUT2D eigenvalue weighted by Gasteiger charge is -2.09. The zero-order valence-electron chi connectivity index (χ0n) is 10.8. The van der Waals surface area contributed by atoms with Gasteiger partial charge in [-0.15, -0.1) is 0 Å². The lowest BCUT2D eigenvalue weighted by molar-refractivity contribution is 0.00887. The van der Waals surface area contributed by atoms with Crippen molar-refractivity contribution >= 4 is 5.91 Å². The van der Waals surface area contributed by atoms with Crippen molar-refractivity contribution in [2.45, 2.75) is 6.42 Å². The van der Waals surface area contributed by atoms with Crippen LogP contribution in [0.4, 0.5) is 0 Å². The minimum absolute atomic E-state index is 0.298. The number of hydrogen-bond donors (Lipinski definition) is 1. The Morgan fingerprint density at radius 3 is 2.84 bits per heavy atom. The van der Waals surface area contributed by atoms with Gasteiger partial charge < -0.3 is 14.2 Å². The predicted octanol–water partition coefficient (Wildman–Crippen LogP) is 1.16. The van der Waals surface area contributed by atoms with Crippen molar-refractivity contribution in [3.05, 3.63) is 23.8 Å². The van der Waals surface area contributed by atoms with Gasteiger partial charge in [0.1, 0.15) is 0 Å². The van der Waals surface area contributed by atoms with E-state index in [0.717, 1.165) is 6.42 Å². The fourth-order valence-electron chi connectivity index (χ4n) is 1.61. The second kappa shape index (κ2) is 6.96. The van der Waals surface area contributed by atoms with Crippen LogP contribution in [0.3, 0.4) is 0 Å². The first-order valence-corrected chi connectivity index (χ1v) is 6.12. The number of fused-ring (bicyclic) bond motifs is 1. The summed E-state index contributed by atoms with van der Waals surface area (Å²) in [4.78, 5) is 16.8. The molecule has 0 unspecified atom stereocenters. The summed E-state index contributed by atoms with van der Waals surface area (Å²) in [6, 6.07) is 5.04. The lowest BCUT2D eigenvalue weighted by atomic mass is 10.2. The van der Waals surface area contributed by atoms with Crippen molar-refractivity contribution in [2.75, 3.05) is 33.5 Å². The molecule has 0 spiro atoms. The quantitative estimate of drug-likeness (QED) is 0.640.